The molecule has 0 saturated carbocycles. The van der Waals surface area contributed by atoms with Gasteiger partial charge >= 0.3 is 0 Å². The van der Waals surface area contributed by atoms with E-state index in [4.69, 9.17) is 9.97 Å². The largest absolute Gasteiger partial charge is 0.392 e. The van der Waals surface area contributed by atoms with Gasteiger partial charge in [0.05, 0.1) is 24.4 Å². The Kier molecular flexibility index (Phi) is 7.01. The minimum atomic E-state index is -0.126. The molecule has 1 amide bonds. The summed E-state index contributed by atoms with van der Waals surface area (Å²) in [6.07, 6.45) is 5.69. The average Bonchev–Trinajstić information content (AvgIpc) is 2.89. The molecule has 1 aliphatic rings. The summed E-state index contributed by atoms with van der Waals surface area (Å²) < 4.78 is 1.13. The smallest absolute Gasteiger partial charge is 0.230 e. The van der Waals surface area contributed by atoms with Crippen LogP contribution in [0.25, 0.3) is 23.4 Å². The minimum Gasteiger partial charge on any atom is -0.392 e. The molecule has 0 spiro atoms. The molecule has 4 aromatic rings. The van der Waals surface area contributed by atoms with Crippen LogP contribution < -0.4 is 5.32 Å². The van der Waals surface area contributed by atoms with Crippen LogP contribution in [0.1, 0.15) is 33.6 Å². The molecule has 174 valence electrons. The molecule has 5 rings (SSSR count). The minimum absolute atomic E-state index is 0.0163. The SMILES string of the molecule is O=C(Cc1ccc(I)cc1)Nc1nc2c(nc1/C=C/c1ccccc1)-c1ccc(CO)cc1CC2. The molecule has 0 bridgehead atoms. The van der Waals surface area contributed by atoms with Gasteiger partial charge in [0.2, 0.25) is 5.91 Å². The highest BCUT2D eigenvalue weighted by molar-refractivity contribution is 14.1. The zero-order chi connectivity index (χ0) is 24.2. The van der Waals surface area contributed by atoms with Crippen LogP contribution in [0.5, 0.6) is 0 Å². The summed E-state index contributed by atoms with van der Waals surface area (Å²) in [4.78, 5) is 22.7. The van der Waals surface area contributed by atoms with Crippen molar-refractivity contribution in [2.45, 2.75) is 25.9 Å². The van der Waals surface area contributed by atoms with Crippen LogP contribution in [0.3, 0.4) is 0 Å². The van der Waals surface area contributed by atoms with Crippen molar-refractivity contribution >= 4 is 46.5 Å². The van der Waals surface area contributed by atoms with E-state index in [1.165, 1.54) is 0 Å². The topological polar surface area (TPSA) is 75.1 Å². The Morgan fingerprint density at radius 2 is 1.71 bits per heavy atom. The van der Waals surface area contributed by atoms with Gasteiger partial charge in [0.25, 0.3) is 0 Å². The Morgan fingerprint density at radius 1 is 0.943 bits per heavy atom. The molecule has 0 saturated heterocycles. The van der Waals surface area contributed by atoms with Gasteiger partial charge in [0.1, 0.15) is 5.69 Å². The molecule has 6 heteroatoms. The summed E-state index contributed by atoms with van der Waals surface area (Å²) in [5.74, 6) is 0.348. The van der Waals surface area contributed by atoms with Crippen LogP contribution in [-0.2, 0) is 30.7 Å². The lowest BCUT2D eigenvalue weighted by atomic mass is 9.90. The van der Waals surface area contributed by atoms with Crippen LogP contribution in [0.2, 0.25) is 0 Å². The van der Waals surface area contributed by atoms with Gasteiger partial charge in [-0.05, 0) is 75.9 Å². The van der Waals surface area contributed by atoms with E-state index in [0.29, 0.717) is 11.5 Å². The first kappa shape index (κ1) is 23.4. The quantitative estimate of drug-likeness (QED) is 0.291. The Bertz CT molecular complexity index is 1400. The Labute approximate surface area is 218 Å². The number of aliphatic hydroxyl groups is 1. The van der Waals surface area contributed by atoms with Crippen molar-refractivity contribution in [2.24, 2.45) is 0 Å². The summed E-state index contributed by atoms with van der Waals surface area (Å²) in [6, 6.07) is 23.9. The molecule has 3 aromatic carbocycles. The predicted octanol–water partition coefficient (Wildman–Crippen LogP) is 5.69. The van der Waals surface area contributed by atoms with Crippen LogP contribution in [-0.4, -0.2) is 21.0 Å². The highest BCUT2D eigenvalue weighted by Crippen LogP contribution is 2.34. The fourth-order valence-corrected chi connectivity index (χ4v) is 4.58. The maximum absolute atomic E-state index is 12.9. The van der Waals surface area contributed by atoms with Crippen molar-refractivity contribution in [3.8, 4) is 11.3 Å². The van der Waals surface area contributed by atoms with Crippen molar-refractivity contribution in [1.82, 2.24) is 9.97 Å². The molecule has 1 aliphatic carbocycles. The number of amides is 1. The van der Waals surface area contributed by atoms with Gasteiger partial charge < -0.3 is 10.4 Å². The molecule has 2 N–H and O–H groups in total. The fraction of sp³-hybridized carbons (Fsp3) is 0.138. The molecule has 1 heterocycles. The lowest BCUT2D eigenvalue weighted by Gasteiger charge is -2.21. The summed E-state index contributed by atoms with van der Waals surface area (Å²) in [5.41, 5.74) is 7.38. The molecule has 1 aromatic heterocycles. The Morgan fingerprint density at radius 3 is 2.49 bits per heavy atom. The number of aliphatic hydroxyl groups excluding tert-OH is 1. The second kappa shape index (κ2) is 10.5. The fourth-order valence-electron chi connectivity index (χ4n) is 4.22. The van der Waals surface area contributed by atoms with Crippen LogP contribution in [0.15, 0.2) is 72.8 Å². The number of carbonyl (C=O) groups is 1. The maximum Gasteiger partial charge on any atom is 0.230 e. The van der Waals surface area contributed by atoms with Gasteiger partial charge in [0, 0.05) is 9.13 Å². The second-order valence-corrected chi connectivity index (χ2v) is 9.74. The van der Waals surface area contributed by atoms with Gasteiger partial charge in [-0.25, -0.2) is 9.97 Å². The summed E-state index contributed by atoms with van der Waals surface area (Å²) in [6.45, 7) is 0.0163. The number of aryl methyl sites for hydroxylation is 2. The average molecular weight is 573 g/mol. The highest BCUT2D eigenvalue weighted by Gasteiger charge is 2.22. The van der Waals surface area contributed by atoms with E-state index in [1.807, 2.05) is 84.9 Å². The molecule has 0 aliphatic heterocycles. The predicted molar refractivity (Wildman–Crippen MR) is 148 cm³/mol. The summed E-state index contributed by atoms with van der Waals surface area (Å²) in [5, 5.41) is 12.5. The van der Waals surface area contributed by atoms with Crippen LogP contribution in [0, 0.1) is 3.57 Å². The van der Waals surface area contributed by atoms with E-state index < -0.39 is 0 Å². The number of fused-ring (bicyclic) bond motifs is 3. The lowest BCUT2D eigenvalue weighted by molar-refractivity contribution is -0.115. The highest BCUT2D eigenvalue weighted by atomic mass is 127. The first-order valence-corrected chi connectivity index (χ1v) is 12.6. The van der Waals surface area contributed by atoms with E-state index in [0.717, 1.165) is 55.6 Å². The van der Waals surface area contributed by atoms with Gasteiger partial charge in [-0.3, -0.25) is 4.79 Å². The van der Waals surface area contributed by atoms with E-state index in [1.54, 1.807) is 0 Å². The molecule has 0 radical (unpaired) electrons. The lowest BCUT2D eigenvalue weighted by Crippen LogP contribution is -2.19. The van der Waals surface area contributed by atoms with E-state index in [9.17, 15) is 9.90 Å². The number of hydrogen-bond acceptors (Lipinski definition) is 4. The number of benzene rings is 3. The van der Waals surface area contributed by atoms with Crippen LogP contribution in [0.4, 0.5) is 5.82 Å². The third kappa shape index (κ3) is 5.49. The van der Waals surface area contributed by atoms with Crippen molar-refractivity contribution in [3.05, 3.63) is 110 Å². The summed E-state index contributed by atoms with van der Waals surface area (Å²) >= 11 is 2.25. The van der Waals surface area contributed by atoms with Gasteiger partial charge in [-0.15, -0.1) is 0 Å². The third-order valence-electron chi connectivity index (χ3n) is 6.00. The van der Waals surface area contributed by atoms with E-state index in [-0.39, 0.29) is 18.9 Å². The normalized spacial score (nSPS) is 12.3. The maximum atomic E-state index is 12.9. The third-order valence-corrected chi connectivity index (χ3v) is 6.72. The number of carbonyl (C=O) groups excluding carboxylic acids is 1. The number of hydrogen-bond donors (Lipinski definition) is 2. The van der Waals surface area contributed by atoms with Gasteiger partial charge in [-0.2, -0.15) is 0 Å². The van der Waals surface area contributed by atoms with E-state index in [2.05, 4.69) is 27.9 Å². The first-order valence-electron chi connectivity index (χ1n) is 11.5. The number of halogens is 1. The molecule has 35 heavy (non-hydrogen) atoms. The number of aromatic nitrogens is 2. The molecule has 0 unspecified atom stereocenters. The number of anilines is 1. The van der Waals surface area contributed by atoms with E-state index >= 15 is 0 Å². The number of rotatable bonds is 6. The van der Waals surface area contributed by atoms with Crippen molar-refractivity contribution in [1.29, 1.82) is 0 Å². The van der Waals surface area contributed by atoms with Gasteiger partial charge in [-0.1, -0.05) is 66.7 Å². The van der Waals surface area contributed by atoms with Gasteiger partial charge in [0.15, 0.2) is 5.82 Å². The van der Waals surface area contributed by atoms with Crippen molar-refractivity contribution in [3.63, 3.8) is 0 Å². The zero-order valence-corrected chi connectivity index (χ0v) is 21.2. The molecule has 5 nitrogen and oxygen atoms in total. The number of nitrogens with zero attached hydrogens (tertiary/aromatic N) is 2. The van der Waals surface area contributed by atoms with Crippen LogP contribution >= 0.6 is 22.6 Å². The van der Waals surface area contributed by atoms with Crippen molar-refractivity contribution in [2.75, 3.05) is 5.32 Å². The second-order valence-electron chi connectivity index (χ2n) is 8.50. The first-order chi connectivity index (χ1) is 17.1. The molecular formula is C29H24IN3O2. The molecular weight excluding hydrogens is 549 g/mol. The Balaban J connectivity index is 1.50. The Hall–Kier alpha value is -3.36. The number of nitrogens with one attached hydrogen (secondary N) is 1. The summed E-state index contributed by atoms with van der Waals surface area (Å²) in [7, 11) is 0. The molecule has 0 atom stereocenters. The zero-order valence-electron chi connectivity index (χ0n) is 19.0. The van der Waals surface area contributed by atoms with Crippen molar-refractivity contribution < 1.29 is 9.90 Å². The monoisotopic (exact) mass is 573 g/mol. The standard InChI is InChI=1S/C29H24IN3O2/c30-23-11-6-20(7-12-23)17-27(35)33-29-26(14-9-19-4-2-1-3-5-19)31-28-24-13-8-21(18-34)16-22(24)10-15-25(28)32-29/h1-9,11-14,16,34H,10,15,17-18H2,(H,32,33,35)/b14-9+. The molecule has 0 fully saturated rings.